The van der Waals surface area contributed by atoms with Crippen LogP contribution in [0.15, 0.2) is 0 Å². The van der Waals surface area contributed by atoms with Crippen molar-refractivity contribution in [1.82, 2.24) is 5.32 Å². The van der Waals surface area contributed by atoms with Crippen LogP contribution in [-0.4, -0.2) is 31.6 Å². The maximum Gasteiger partial charge on any atom is 0.303 e. The Kier molecular flexibility index (Phi) is 6.23. The molecule has 0 saturated carbocycles. The van der Waals surface area contributed by atoms with Crippen molar-refractivity contribution < 1.29 is 14.7 Å². The number of carbonyl (C=O) groups is 2. The molecule has 88 valence electrons. The van der Waals surface area contributed by atoms with Crippen molar-refractivity contribution in [3.63, 3.8) is 0 Å². The summed E-state index contributed by atoms with van der Waals surface area (Å²) in [6.45, 7) is 7.54. The number of aliphatic carboxylic acids is 1. The molecule has 4 nitrogen and oxygen atoms in total. The van der Waals surface area contributed by atoms with E-state index in [0.29, 0.717) is 6.54 Å². The molecule has 0 radical (unpaired) electrons. The third-order valence-electron chi connectivity index (χ3n) is 1.99. The lowest BCUT2D eigenvalue weighted by molar-refractivity contribution is -0.138. The zero-order valence-corrected chi connectivity index (χ0v) is 10.8. The van der Waals surface area contributed by atoms with E-state index in [1.807, 2.05) is 0 Å². The van der Waals surface area contributed by atoms with E-state index in [4.69, 9.17) is 5.11 Å². The van der Waals surface area contributed by atoms with Gasteiger partial charge in [0.25, 0.3) is 0 Å². The first kappa shape index (κ1) is 14.2. The molecule has 0 aliphatic heterocycles. The Morgan fingerprint density at radius 1 is 1.20 bits per heavy atom. The fourth-order valence-electron chi connectivity index (χ4n) is 1.16. The van der Waals surface area contributed by atoms with Gasteiger partial charge in [-0.2, -0.15) is 0 Å². The average molecular weight is 231 g/mol. The topological polar surface area (TPSA) is 66.4 Å². The normalized spacial score (nSPS) is 11.1. The summed E-state index contributed by atoms with van der Waals surface area (Å²) in [7, 11) is -1.01. The van der Waals surface area contributed by atoms with Crippen LogP contribution in [-0.2, 0) is 9.59 Å². The van der Waals surface area contributed by atoms with Crippen molar-refractivity contribution in [2.24, 2.45) is 0 Å². The molecule has 0 heterocycles. The number of carbonyl (C=O) groups excluding carboxylic acids is 1. The van der Waals surface area contributed by atoms with Crippen molar-refractivity contribution in [2.45, 2.75) is 44.9 Å². The van der Waals surface area contributed by atoms with E-state index < -0.39 is 14.0 Å². The zero-order valence-electron chi connectivity index (χ0n) is 9.80. The van der Waals surface area contributed by atoms with Gasteiger partial charge in [0.2, 0.25) is 5.91 Å². The summed E-state index contributed by atoms with van der Waals surface area (Å²) in [5.41, 5.74) is 0. The highest BCUT2D eigenvalue weighted by molar-refractivity contribution is 6.76. The Labute approximate surface area is 92.1 Å². The van der Waals surface area contributed by atoms with E-state index in [0.717, 1.165) is 6.42 Å². The molecule has 0 aromatic carbocycles. The molecule has 0 aliphatic carbocycles. The largest absolute Gasteiger partial charge is 0.481 e. The SMILES string of the molecule is C[Si](C)(C)CCCNC(=O)CCC(=O)O. The quantitative estimate of drug-likeness (QED) is 0.517. The summed E-state index contributed by atoms with van der Waals surface area (Å²) in [6, 6.07) is 1.19. The monoisotopic (exact) mass is 231 g/mol. The highest BCUT2D eigenvalue weighted by atomic mass is 28.3. The number of carboxylic acid groups (broad SMARTS) is 1. The molecule has 0 spiro atoms. The first-order valence-corrected chi connectivity index (χ1v) is 9.00. The van der Waals surface area contributed by atoms with Crippen LogP contribution in [0.4, 0.5) is 0 Å². The molecule has 0 aliphatic rings. The maximum absolute atomic E-state index is 11.1. The van der Waals surface area contributed by atoms with Crippen molar-refractivity contribution in [3.8, 4) is 0 Å². The maximum atomic E-state index is 11.1. The van der Waals surface area contributed by atoms with E-state index in [9.17, 15) is 9.59 Å². The van der Waals surface area contributed by atoms with Crippen LogP contribution >= 0.6 is 0 Å². The Bertz CT molecular complexity index is 223. The number of hydrogen-bond donors (Lipinski definition) is 2. The van der Waals surface area contributed by atoms with E-state index in [1.165, 1.54) is 6.04 Å². The van der Waals surface area contributed by atoms with Gasteiger partial charge in [0, 0.05) is 21.0 Å². The summed E-state index contributed by atoms with van der Waals surface area (Å²) in [5, 5.41) is 11.1. The van der Waals surface area contributed by atoms with Gasteiger partial charge in [-0.05, 0) is 6.42 Å². The van der Waals surface area contributed by atoms with Gasteiger partial charge in [0.05, 0.1) is 6.42 Å². The number of rotatable bonds is 7. The zero-order chi connectivity index (χ0) is 11.9. The standard InChI is InChI=1S/C10H21NO3Si/c1-15(2,3)8-4-7-11-9(12)5-6-10(13)14/h4-8H2,1-3H3,(H,11,12)(H,13,14). The molecule has 0 saturated heterocycles. The number of nitrogens with one attached hydrogen (secondary N) is 1. The molecule has 0 bridgehead atoms. The predicted octanol–water partition coefficient (Wildman–Crippen LogP) is 1.70. The molecule has 1 amide bonds. The van der Waals surface area contributed by atoms with Crippen LogP contribution in [0.2, 0.25) is 25.7 Å². The Balaban J connectivity index is 3.44. The third-order valence-corrected chi connectivity index (χ3v) is 3.85. The lowest BCUT2D eigenvalue weighted by Gasteiger charge is -2.15. The van der Waals surface area contributed by atoms with Gasteiger partial charge in [-0.15, -0.1) is 0 Å². The third kappa shape index (κ3) is 11.1. The Morgan fingerprint density at radius 3 is 2.27 bits per heavy atom. The second-order valence-corrected chi connectivity index (χ2v) is 10.5. The van der Waals surface area contributed by atoms with Gasteiger partial charge in [-0.3, -0.25) is 9.59 Å². The summed E-state index contributed by atoms with van der Waals surface area (Å²) in [5.74, 6) is -1.08. The van der Waals surface area contributed by atoms with E-state index >= 15 is 0 Å². The van der Waals surface area contributed by atoms with Crippen molar-refractivity contribution in [1.29, 1.82) is 0 Å². The molecule has 0 atom stereocenters. The highest BCUT2D eigenvalue weighted by Gasteiger charge is 2.12. The molecular weight excluding hydrogens is 210 g/mol. The van der Waals surface area contributed by atoms with Gasteiger partial charge in [0.15, 0.2) is 0 Å². The van der Waals surface area contributed by atoms with E-state index in [1.54, 1.807) is 0 Å². The second kappa shape index (κ2) is 6.61. The van der Waals surface area contributed by atoms with Crippen molar-refractivity contribution in [2.75, 3.05) is 6.54 Å². The predicted molar refractivity (Wildman–Crippen MR) is 62.6 cm³/mol. The van der Waals surface area contributed by atoms with Crippen LogP contribution in [0.1, 0.15) is 19.3 Å². The summed E-state index contributed by atoms with van der Waals surface area (Å²) < 4.78 is 0. The van der Waals surface area contributed by atoms with E-state index in [-0.39, 0.29) is 18.7 Å². The molecule has 2 N–H and O–H groups in total. The first-order valence-electron chi connectivity index (χ1n) is 5.30. The molecule has 0 unspecified atom stereocenters. The smallest absolute Gasteiger partial charge is 0.303 e. The molecule has 0 aromatic heterocycles. The van der Waals surface area contributed by atoms with Crippen molar-refractivity contribution >= 4 is 20.0 Å². The lowest BCUT2D eigenvalue weighted by atomic mass is 10.3. The molecule has 0 fully saturated rings. The number of amides is 1. The number of hydrogen-bond acceptors (Lipinski definition) is 2. The molecule has 0 rings (SSSR count). The van der Waals surface area contributed by atoms with Gasteiger partial charge in [-0.1, -0.05) is 25.7 Å². The van der Waals surface area contributed by atoms with Gasteiger partial charge < -0.3 is 10.4 Å². The van der Waals surface area contributed by atoms with Gasteiger partial charge in [0.1, 0.15) is 0 Å². The molecular formula is C10H21NO3Si. The summed E-state index contributed by atoms with van der Waals surface area (Å²) in [4.78, 5) is 21.3. The fourth-order valence-corrected chi connectivity index (χ4v) is 2.39. The second-order valence-electron chi connectivity index (χ2n) is 4.91. The Hall–Kier alpha value is -0.843. The minimum absolute atomic E-state index is 0.0835. The minimum Gasteiger partial charge on any atom is -0.481 e. The van der Waals surface area contributed by atoms with Gasteiger partial charge >= 0.3 is 5.97 Å². The number of carboxylic acids is 1. The summed E-state index contributed by atoms with van der Waals surface area (Å²) in [6.07, 6.45) is 0.997. The Morgan fingerprint density at radius 2 is 1.80 bits per heavy atom. The van der Waals surface area contributed by atoms with Crippen molar-refractivity contribution in [3.05, 3.63) is 0 Å². The fraction of sp³-hybridized carbons (Fsp3) is 0.800. The highest BCUT2D eigenvalue weighted by Crippen LogP contribution is 2.09. The van der Waals surface area contributed by atoms with Crippen LogP contribution in [0.25, 0.3) is 0 Å². The van der Waals surface area contributed by atoms with Crippen LogP contribution < -0.4 is 5.32 Å². The molecule has 0 aromatic rings. The first-order chi connectivity index (χ1) is 6.81. The van der Waals surface area contributed by atoms with Crippen LogP contribution in [0, 0.1) is 0 Å². The van der Waals surface area contributed by atoms with Crippen LogP contribution in [0.3, 0.4) is 0 Å². The lowest BCUT2D eigenvalue weighted by Crippen LogP contribution is -2.27. The average Bonchev–Trinajstić information content (AvgIpc) is 2.07. The van der Waals surface area contributed by atoms with E-state index in [2.05, 4.69) is 25.0 Å². The van der Waals surface area contributed by atoms with Gasteiger partial charge in [-0.25, -0.2) is 0 Å². The minimum atomic E-state index is -1.01. The molecule has 5 heteroatoms. The summed E-state index contributed by atoms with van der Waals surface area (Å²) >= 11 is 0. The van der Waals surface area contributed by atoms with Crippen LogP contribution in [0.5, 0.6) is 0 Å². The molecule has 15 heavy (non-hydrogen) atoms.